The van der Waals surface area contributed by atoms with Gasteiger partial charge in [0.2, 0.25) is 0 Å². The number of nitrogens with two attached hydrogens (primary N) is 1. The Morgan fingerprint density at radius 1 is 1.36 bits per heavy atom. The molecule has 76 valence electrons. The fourth-order valence-corrected chi connectivity index (χ4v) is 3.28. The van der Waals surface area contributed by atoms with Gasteiger partial charge >= 0.3 is 0 Å². The summed E-state index contributed by atoms with van der Waals surface area (Å²) in [5, 5.41) is 6.21. The quantitative estimate of drug-likeness (QED) is 0.890. The van der Waals surface area contributed by atoms with Crippen molar-refractivity contribution < 1.29 is 0 Å². The highest BCUT2D eigenvalue weighted by Crippen LogP contribution is 2.29. The summed E-state index contributed by atoms with van der Waals surface area (Å²) >= 11 is 6.79. The molecule has 2 heterocycles. The zero-order valence-corrected chi connectivity index (χ0v) is 11.2. The molecule has 0 saturated carbocycles. The molecule has 2 rings (SSSR count). The van der Waals surface area contributed by atoms with Gasteiger partial charge in [-0.1, -0.05) is 0 Å². The molecule has 0 spiro atoms. The molecule has 1 nitrogen and oxygen atoms in total. The van der Waals surface area contributed by atoms with E-state index in [1.54, 1.807) is 22.7 Å². The normalized spacial score (nSPS) is 12.1. The molecule has 0 aliphatic heterocycles. The molecule has 0 aromatic carbocycles. The van der Waals surface area contributed by atoms with Gasteiger partial charge in [-0.05, 0) is 44.4 Å². The molecular formula is C9H9BrClNS2. The van der Waals surface area contributed by atoms with Crippen LogP contribution in [0.2, 0.25) is 0 Å². The third kappa shape index (κ3) is 2.58. The molecular weight excluding hydrogens is 302 g/mol. The summed E-state index contributed by atoms with van der Waals surface area (Å²) in [7, 11) is 0. The van der Waals surface area contributed by atoms with Gasteiger partial charge in [-0.25, -0.2) is 0 Å². The van der Waals surface area contributed by atoms with E-state index in [2.05, 4.69) is 44.2 Å². The van der Waals surface area contributed by atoms with E-state index in [0.717, 1.165) is 4.47 Å². The highest BCUT2D eigenvalue weighted by molar-refractivity contribution is 9.10. The molecule has 0 aliphatic carbocycles. The van der Waals surface area contributed by atoms with E-state index >= 15 is 0 Å². The predicted octanol–water partition coefficient (Wildman–Crippen LogP) is 4.04. The fourth-order valence-electron chi connectivity index (χ4n) is 1.11. The van der Waals surface area contributed by atoms with Crippen LogP contribution in [0.3, 0.4) is 0 Å². The lowest BCUT2D eigenvalue weighted by Crippen LogP contribution is -2.08. The number of hydrogen-bond acceptors (Lipinski definition) is 3. The topological polar surface area (TPSA) is 26.0 Å². The minimum atomic E-state index is 0. The molecule has 2 aromatic heterocycles. The monoisotopic (exact) mass is 309 g/mol. The van der Waals surface area contributed by atoms with Gasteiger partial charge < -0.3 is 5.73 Å². The SMILES string of the molecule is Cl.N[C@H](c1ccsc1)c1cc(Br)cs1. The first kappa shape index (κ1) is 12.2. The summed E-state index contributed by atoms with van der Waals surface area (Å²) < 4.78 is 1.11. The minimum absolute atomic E-state index is 0. The smallest absolute Gasteiger partial charge is 0.0654 e. The highest BCUT2D eigenvalue weighted by atomic mass is 79.9. The van der Waals surface area contributed by atoms with Crippen LogP contribution >= 0.6 is 51.0 Å². The zero-order chi connectivity index (χ0) is 9.26. The number of halogens is 2. The summed E-state index contributed by atoms with van der Waals surface area (Å²) in [4.78, 5) is 1.20. The maximum atomic E-state index is 6.07. The van der Waals surface area contributed by atoms with Crippen LogP contribution in [0.15, 0.2) is 32.7 Å². The Labute approximate surface area is 105 Å². The van der Waals surface area contributed by atoms with E-state index in [1.165, 1.54) is 10.4 Å². The maximum absolute atomic E-state index is 6.07. The van der Waals surface area contributed by atoms with E-state index < -0.39 is 0 Å². The van der Waals surface area contributed by atoms with Crippen molar-refractivity contribution in [2.24, 2.45) is 5.73 Å². The van der Waals surface area contributed by atoms with Crippen LogP contribution < -0.4 is 5.73 Å². The highest BCUT2D eigenvalue weighted by Gasteiger charge is 2.10. The van der Waals surface area contributed by atoms with E-state index in [9.17, 15) is 0 Å². The molecule has 0 radical (unpaired) electrons. The van der Waals surface area contributed by atoms with Crippen molar-refractivity contribution >= 4 is 51.0 Å². The Balaban J connectivity index is 0.000000980. The number of thiophene rings is 2. The molecule has 2 N–H and O–H groups in total. The standard InChI is InChI=1S/C9H8BrNS2.ClH/c10-7-3-8(13-5-7)9(11)6-1-2-12-4-6;/h1-5,9H,11H2;1H/t9-;/m1./s1. The van der Waals surface area contributed by atoms with Crippen LogP contribution in [0, 0.1) is 0 Å². The van der Waals surface area contributed by atoms with Crippen LogP contribution in [-0.4, -0.2) is 0 Å². The van der Waals surface area contributed by atoms with E-state index in [1.807, 2.05) is 0 Å². The van der Waals surface area contributed by atoms with E-state index in [-0.39, 0.29) is 18.4 Å². The first-order valence-electron chi connectivity index (χ1n) is 3.79. The number of rotatable bonds is 2. The van der Waals surface area contributed by atoms with Gasteiger partial charge in [0.05, 0.1) is 6.04 Å². The molecule has 0 amide bonds. The molecule has 0 unspecified atom stereocenters. The van der Waals surface area contributed by atoms with Crippen molar-refractivity contribution in [3.05, 3.63) is 43.2 Å². The van der Waals surface area contributed by atoms with Crippen LogP contribution in [0.1, 0.15) is 16.5 Å². The summed E-state index contributed by atoms with van der Waals surface area (Å²) in [5.41, 5.74) is 7.26. The predicted molar refractivity (Wildman–Crippen MR) is 69.6 cm³/mol. The molecule has 5 heteroatoms. The van der Waals surface area contributed by atoms with Gasteiger partial charge in [0, 0.05) is 14.7 Å². The average molecular weight is 311 g/mol. The average Bonchev–Trinajstić information content (AvgIpc) is 2.72. The Morgan fingerprint density at radius 2 is 2.14 bits per heavy atom. The summed E-state index contributed by atoms with van der Waals surface area (Å²) in [6.45, 7) is 0. The van der Waals surface area contributed by atoms with Gasteiger partial charge in [-0.2, -0.15) is 11.3 Å². The minimum Gasteiger partial charge on any atom is -0.320 e. The first-order valence-corrected chi connectivity index (χ1v) is 6.40. The Morgan fingerprint density at radius 3 is 2.64 bits per heavy atom. The largest absolute Gasteiger partial charge is 0.320 e. The van der Waals surface area contributed by atoms with Crippen molar-refractivity contribution in [3.8, 4) is 0 Å². The van der Waals surface area contributed by atoms with Crippen LogP contribution in [0.4, 0.5) is 0 Å². The van der Waals surface area contributed by atoms with Gasteiger partial charge in [0.1, 0.15) is 0 Å². The van der Waals surface area contributed by atoms with E-state index in [0.29, 0.717) is 0 Å². The van der Waals surface area contributed by atoms with Gasteiger partial charge in [-0.15, -0.1) is 23.7 Å². The fraction of sp³-hybridized carbons (Fsp3) is 0.111. The second-order valence-electron chi connectivity index (χ2n) is 2.70. The summed E-state index contributed by atoms with van der Waals surface area (Å²) in [5.74, 6) is 0. The number of hydrogen-bond donors (Lipinski definition) is 1. The van der Waals surface area contributed by atoms with E-state index in [4.69, 9.17) is 5.73 Å². The molecule has 2 aromatic rings. The van der Waals surface area contributed by atoms with Crippen molar-refractivity contribution in [2.45, 2.75) is 6.04 Å². The molecule has 1 atom stereocenters. The van der Waals surface area contributed by atoms with Crippen molar-refractivity contribution in [1.82, 2.24) is 0 Å². The molecule has 0 saturated heterocycles. The van der Waals surface area contributed by atoms with Gasteiger partial charge in [-0.3, -0.25) is 0 Å². The Kier molecular flexibility index (Phi) is 4.60. The van der Waals surface area contributed by atoms with Crippen molar-refractivity contribution in [1.29, 1.82) is 0 Å². The first-order chi connectivity index (χ1) is 6.27. The zero-order valence-electron chi connectivity index (χ0n) is 7.14. The molecule has 14 heavy (non-hydrogen) atoms. The summed E-state index contributed by atoms with van der Waals surface area (Å²) in [6.07, 6.45) is 0. The second kappa shape index (κ2) is 5.28. The van der Waals surface area contributed by atoms with Crippen molar-refractivity contribution in [3.63, 3.8) is 0 Å². The lowest BCUT2D eigenvalue weighted by molar-refractivity contribution is 0.899. The van der Waals surface area contributed by atoms with Gasteiger partial charge in [0.15, 0.2) is 0 Å². The van der Waals surface area contributed by atoms with Crippen molar-refractivity contribution in [2.75, 3.05) is 0 Å². The lowest BCUT2D eigenvalue weighted by atomic mass is 10.1. The third-order valence-electron chi connectivity index (χ3n) is 1.80. The second-order valence-corrected chi connectivity index (χ2v) is 5.34. The Bertz CT molecular complexity index is 385. The molecule has 0 fully saturated rings. The van der Waals surface area contributed by atoms with Crippen LogP contribution in [0.25, 0.3) is 0 Å². The van der Waals surface area contributed by atoms with Crippen LogP contribution in [-0.2, 0) is 0 Å². The Hall–Kier alpha value is 0.130. The summed E-state index contributed by atoms with van der Waals surface area (Å²) in [6, 6.07) is 4.18. The maximum Gasteiger partial charge on any atom is 0.0654 e. The molecule has 0 aliphatic rings. The van der Waals surface area contributed by atoms with Crippen LogP contribution in [0.5, 0.6) is 0 Å². The van der Waals surface area contributed by atoms with Gasteiger partial charge in [0.25, 0.3) is 0 Å². The lowest BCUT2D eigenvalue weighted by Gasteiger charge is -2.05. The third-order valence-corrected chi connectivity index (χ3v) is 4.27. The molecule has 0 bridgehead atoms.